The molecule has 0 spiro atoms. The summed E-state index contributed by atoms with van der Waals surface area (Å²) in [6.45, 7) is 4.04. The Labute approximate surface area is 101 Å². The quantitative estimate of drug-likeness (QED) is 0.872. The maximum absolute atomic E-state index is 5.78. The fourth-order valence-corrected chi connectivity index (χ4v) is 1.79. The SMILES string of the molecule is Cc1cccc(-c2nc(CC(C)N)n(C)n2)c1. The van der Waals surface area contributed by atoms with E-state index in [1.165, 1.54) is 5.56 Å². The number of benzene rings is 1. The number of aryl methyl sites for hydroxylation is 2. The van der Waals surface area contributed by atoms with Gasteiger partial charge >= 0.3 is 0 Å². The minimum Gasteiger partial charge on any atom is -0.328 e. The summed E-state index contributed by atoms with van der Waals surface area (Å²) in [7, 11) is 1.91. The lowest BCUT2D eigenvalue weighted by molar-refractivity contribution is 0.639. The van der Waals surface area contributed by atoms with Crippen LogP contribution in [0.3, 0.4) is 0 Å². The van der Waals surface area contributed by atoms with Crippen molar-refractivity contribution in [2.75, 3.05) is 0 Å². The van der Waals surface area contributed by atoms with E-state index in [0.29, 0.717) is 0 Å². The van der Waals surface area contributed by atoms with Crippen molar-refractivity contribution in [2.45, 2.75) is 26.3 Å². The van der Waals surface area contributed by atoms with Crippen LogP contribution < -0.4 is 5.73 Å². The summed E-state index contributed by atoms with van der Waals surface area (Å²) in [5, 5.41) is 4.43. The molecule has 1 heterocycles. The minimum absolute atomic E-state index is 0.100. The zero-order chi connectivity index (χ0) is 12.4. The van der Waals surface area contributed by atoms with Crippen molar-refractivity contribution >= 4 is 0 Å². The summed E-state index contributed by atoms with van der Waals surface area (Å²) in [5.41, 5.74) is 8.05. The van der Waals surface area contributed by atoms with E-state index in [-0.39, 0.29) is 6.04 Å². The van der Waals surface area contributed by atoms with Gasteiger partial charge in [0.1, 0.15) is 5.82 Å². The maximum atomic E-state index is 5.78. The van der Waals surface area contributed by atoms with Crippen LogP contribution in [0.15, 0.2) is 24.3 Å². The number of hydrogen-bond donors (Lipinski definition) is 1. The fourth-order valence-electron chi connectivity index (χ4n) is 1.79. The normalized spacial score (nSPS) is 12.7. The Morgan fingerprint density at radius 1 is 1.41 bits per heavy atom. The maximum Gasteiger partial charge on any atom is 0.181 e. The van der Waals surface area contributed by atoms with Gasteiger partial charge in [0, 0.05) is 25.1 Å². The van der Waals surface area contributed by atoms with Gasteiger partial charge in [0.05, 0.1) is 0 Å². The van der Waals surface area contributed by atoms with Gasteiger partial charge in [-0.2, -0.15) is 5.10 Å². The van der Waals surface area contributed by atoms with Gasteiger partial charge in [0.25, 0.3) is 0 Å². The minimum atomic E-state index is 0.100. The standard InChI is InChI=1S/C13H18N4/c1-9-5-4-6-11(7-9)13-15-12(8-10(2)14)17(3)16-13/h4-7,10H,8,14H2,1-3H3. The van der Waals surface area contributed by atoms with Gasteiger partial charge in [-0.25, -0.2) is 4.98 Å². The van der Waals surface area contributed by atoms with Crippen molar-refractivity contribution in [3.05, 3.63) is 35.7 Å². The lowest BCUT2D eigenvalue weighted by Gasteiger charge is -2.02. The van der Waals surface area contributed by atoms with Crippen LogP contribution in [-0.4, -0.2) is 20.8 Å². The van der Waals surface area contributed by atoms with Gasteiger partial charge in [-0.1, -0.05) is 23.8 Å². The fraction of sp³-hybridized carbons (Fsp3) is 0.385. The number of nitrogens with two attached hydrogens (primary N) is 1. The molecule has 90 valence electrons. The largest absolute Gasteiger partial charge is 0.328 e. The summed E-state index contributed by atoms with van der Waals surface area (Å²) < 4.78 is 1.81. The highest BCUT2D eigenvalue weighted by molar-refractivity contribution is 5.55. The molecule has 0 saturated carbocycles. The van der Waals surface area contributed by atoms with E-state index in [9.17, 15) is 0 Å². The molecule has 1 aromatic carbocycles. The van der Waals surface area contributed by atoms with Crippen molar-refractivity contribution in [2.24, 2.45) is 12.8 Å². The predicted octanol–water partition coefficient (Wildman–Crippen LogP) is 1.68. The number of nitrogens with zero attached hydrogens (tertiary/aromatic N) is 3. The molecule has 4 heteroatoms. The van der Waals surface area contributed by atoms with Crippen molar-refractivity contribution in [3.63, 3.8) is 0 Å². The molecule has 0 aliphatic rings. The van der Waals surface area contributed by atoms with E-state index >= 15 is 0 Å². The van der Waals surface area contributed by atoms with Crippen LogP contribution >= 0.6 is 0 Å². The Balaban J connectivity index is 2.34. The van der Waals surface area contributed by atoms with E-state index in [1.807, 2.05) is 26.1 Å². The summed E-state index contributed by atoms with van der Waals surface area (Å²) in [6.07, 6.45) is 0.745. The van der Waals surface area contributed by atoms with Crippen molar-refractivity contribution < 1.29 is 0 Å². The molecule has 0 aliphatic heterocycles. The lowest BCUT2D eigenvalue weighted by atomic mass is 10.1. The van der Waals surface area contributed by atoms with Gasteiger partial charge in [0.2, 0.25) is 0 Å². The average Bonchev–Trinajstić information content (AvgIpc) is 2.59. The van der Waals surface area contributed by atoms with Crippen molar-refractivity contribution in [1.29, 1.82) is 0 Å². The van der Waals surface area contributed by atoms with E-state index in [4.69, 9.17) is 5.73 Å². The Hall–Kier alpha value is -1.68. The topological polar surface area (TPSA) is 56.7 Å². The molecule has 17 heavy (non-hydrogen) atoms. The van der Waals surface area contributed by atoms with Crippen LogP contribution in [0.2, 0.25) is 0 Å². The Morgan fingerprint density at radius 3 is 2.82 bits per heavy atom. The number of rotatable bonds is 3. The third kappa shape index (κ3) is 2.71. The first kappa shape index (κ1) is 11.8. The van der Waals surface area contributed by atoms with Crippen LogP contribution in [0.5, 0.6) is 0 Å². The monoisotopic (exact) mass is 230 g/mol. The highest BCUT2D eigenvalue weighted by Gasteiger charge is 2.10. The smallest absolute Gasteiger partial charge is 0.181 e. The molecule has 1 aromatic heterocycles. The molecule has 0 fully saturated rings. The Morgan fingerprint density at radius 2 is 2.18 bits per heavy atom. The second-order valence-corrected chi connectivity index (χ2v) is 4.53. The lowest BCUT2D eigenvalue weighted by Crippen LogP contribution is -2.20. The van der Waals surface area contributed by atoms with Gasteiger partial charge in [-0.3, -0.25) is 4.68 Å². The first-order valence-corrected chi connectivity index (χ1v) is 5.79. The molecule has 0 amide bonds. The molecular weight excluding hydrogens is 212 g/mol. The first-order chi connectivity index (χ1) is 8.06. The van der Waals surface area contributed by atoms with Gasteiger partial charge in [-0.15, -0.1) is 0 Å². The van der Waals surface area contributed by atoms with Crippen LogP contribution in [0, 0.1) is 6.92 Å². The summed E-state index contributed by atoms with van der Waals surface area (Å²) in [6, 6.07) is 8.30. The van der Waals surface area contributed by atoms with E-state index < -0.39 is 0 Å². The van der Waals surface area contributed by atoms with Crippen LogP contribution in [0.25, 0.3) is 11.4 Å². The van der Waals surface area contributed by atoms with Crippen LogP contribution in [0.1, 0.15) is 18.3 Å². The molecule has 0 saturated heterocycles. The molecule has 1 unspecified atom stereocenters. The zero-order valence-corrected chi connectivity index (χ0v) is 10.5. The second kappa shape index (κ2) is 4.67. The van der Waals surface area contributed by atoms with E-state index in [2.05, 4.69) is 29.1 Å². The molecule has 0 radical (unpaired) electrons. The zero-order valence-electron chi connectivity index (χ0n) is 10.5. The third-order valence-corrected chi connectivity index (χ3v) is 2.63. The van der Waals surface area contributed by atoms with Crippen molar-refractivity contribution in [3.8, 4) is 11.4 Å². The number of aromatic nitrogens is 3. The molecule has 4 nitrogen and oxygen atoms in total. The number of hydrogen-bond acceptors (Lipinski definition) is 3. The summed E-state index contributed by atoms with van der Waals surface area (Å²) in [5.74, 6) is 1.70. The van der Waals surface area contributed by atoms with Gasteiger partial charge in [0.15, 0.2) is 5.82 Å². The molecule has 2 rings (SSSR count). The third-order valence-electron chi connectivity index (χ3n) is 2.63. The molecule has 2 aromatic rings. The molecule has 0 bridgehead atoms. The highest BCUT2D eigenvalue weighted by atomic mass is 15.3. The average molecular weight is 230 g/mol. The summed E-state index contributed by atoms with van der Waals surface area (Å²) in [4.78, 5) is 4.53. The van der Waals surface area contributed by atoms with E-state index in [1.54, 1.807) is 4.68 Å². The Kier molecular flexibility index (Phi) is 3.24. The van der Waals surface area contributed by atoms with Crippen molar-refractivity contribution in [1.82, 2.24) is 14.8 Å². The first-order valence-electron chi connectivity index (χ1n) is 5.79. The second-order valence-electron chi connectivity index (χ2n) is 4.53. The Bertz CT molecular complexity index is 514. The highest BCUT2D eigenvalue weighted by Crippen LogP contribution is 2.17. The molecule has 1 atom stereocenters. The summed E-state index contributed by atoms with van der Waals surface area (Å²) >= 11 is 0. The molecule has 0 aliphatic carbocycles. The van der Waals surface area contributed by atoms with E-state index in [0.717, 1.165) is 23.6 Å². The molecular formula is C13H18N4. The van der Waals surface area contributed by atoms with Crippen LogP contribution in [0.4, 0.5) is 0 Å². The predicted molar refractivity (Wildman–Crippen MR) is 68.5 cm³/mol. The van der Waals surface area contributed by atoms with Gasteiger partial charge < -0.3 is 5.73 Å². The van der Waals surface area contributed by atoms with Gasteiger partial charge in [-0.05, 0) is 19.9 Å². The molecule has 2 N–H and O–H groups in total. The van der Waals surface area contributed by atoms with Crippen LogP contribution in [-0.2, 0) is 13.5 Å².